The maximum Gasteiger partial charge on any atom is 0.227 e. The average molecular weight is 261 g/mol. The molecule has 0 amide bonds. The Balaban J connectivity index is 2.07. The molecule has 0 atom stereocenters. The molecule has 0 unspecified atom stereocenters. The third kappa shape index (κ3) is 1.55. The van der Waals surface area contributed by atoms with Gasteiger partial charge in [-0.2, -0.15) is 0 Å². The van der Waals surface area contributed by atoms with Gasteiger partial charge in [0, 0.05) is 34.4 Å². The third-order valence-electron chi connectivity index (χ3n) is 3.36. The predicted molar refractivity (Wildman–Crippen MR) is 79.2 cm³/mol. The van der Waals surface area contributed by atoms with Crippen LogP contribution >= 0.6 is 0 Å². The first-order valence-electron chi connectivity index (χ1n) is 6.31. The molecule has 4 rings (SSSR count). The standard InChI is InChI=1S/C16H11N3O/c17-13-9-14-15(12-4-2-1-3-11(12)13)20-16(19-14)10-5-7-18-8-6-10/h1-9H,17H2. The molecule has 2 N–H and O–H groups in total. The van der Waals surface area contributed by atoms with Crippen LogP contribution in [0.5, 0.6) is 0 Å². The minimum atomic E-state index is 0.582. The first-order chi connectivity index (χ1) is 9.83. The van der Waals surface area contributed by atoms with E-state index in [1.54, 1.807) is 12.4 Å². The maximum absolute atomic E-state index is 6.08. The van der Waals surface area contributed by atoms with Gasteiger partial charge in [0.15, 0.2) is 5.58 Å². The molecule has 0 saturated heterocycles. The Kier molecular flexibility index (Phi) is 2.23. The van der Waals surface area contributed by atoms with E-state index in [1.807, 2.05) is 42.5 Å². The van der Waals surface area contributed by atoms with Gasteiger partial charge in [0.1, 0.15) is 5.52 Å². The number of hydrogen-bond donors (Lipinski definition) is 1. The molecule has 0 aliphatic carbocycles. The zero-order valence-electron chi connectivity index (χ0n) is 10.6. The van der Waals surface area contributed by atoms with Crippen LogP contribution in [0, 0.1) is 0 Å². The summed E-state index contributed by atoms with van der Waals surface area (Å²) >= 11 is 0. The fourth-order valence-electron chi connectivity index (χ4n) is 2.40. The fourth-order valence-corrected chi connectivity index (χ4v) is 2.40. The number of nitrogen functional groups attached to an aromatic ring is 1. The molecule has 0 spiro atoms. The van der Waals surface area contributed by atoms with Crippen molar-refractivity contribution in [2.45, 2.75) is 0 Å². The molecule has 4 heteroatoms. The summed E-state index contributed by atoms with van der Waals surface area (Å²) in [6.07, 6.45) is 3.44. The van der Waals surface area contributed by atoms with E-state index >= 15 is 0 Å². The van der Waals surface area contributed by atoms with E-state index in [0.717, 1.165) is 27.4 Å². The lowest BCUT2D eigenvalue weighted by Crippen LogP contribution is -1.87. The third-order valence-corrected chi connectivity index (χ3v) is 3.36. The van der Waals surface area contributed by atoms with Crippen molar-refractivity contribution in [1.82, 2.24) is 9.97 Å². The molecule has 4 aromatic rings. The van der Waals surface area contributed by atoms with E-state index in [0.29, 0.717) is 11.6 Å². The Bertz CT molecular complexity index is 913. The molecule has 2 aromatic heterocycles. The predicted octanol–water partition coefficient (Wildman–Crippen LogP) is 3.63. The zero-order chi connectivity index (χ0) is 13.5. The smallest absolute Gasteiger partial charge is 0.227 e. The van der Waals surface area contributed by atoms with Crippen LogP contribution in [0.2, 0.25) is 0 Å². The van der Waals surface area contributed by atoms with E-state index in [2.05, 4.69) is 9.97 Å². The molecule has 0 fully saturated rings. The lowest BCUT2D eigenvalue weighted by atomic mass is 10.1. The molecule has 0 aliphatic heterocycles. The summed E-state index contributed by atoms with van der Waals surface area (Å²) < 4.78 is 5.93. The molecule has 0 saturated carbocycles. The van der Waals surface area contributed by atoms with Crippen molar-refractivity contribution in [1.29, 1.82) is 0 Å². The summed E-state index contributed by atoms with van der Waals surface area (Å²) in [5.41, 5.74) is 9.23. The minimum absolute atomic E-state index is 0.582. The number of hydrogen-bond acceptors (Lipinski definition) is 4. The van der Waals surface area contributed by atoms with Crippen molar-refractivity contribution >= 4 is 27.6 Å². The highest BCUT2D eigenvalue weighted by Crippen LogP contribution is 2.33. The Morgan fingerprint density at radius 2 is 1.70 bits per heavy atom. The summed E-state index contributed by atoms with van der Waals surface area (Å²) in [5, 5.41) is 1.97. The molecule has 2 aromatic carbocycles. The number of fused-ring (bicyclic) bond motifs is 3. The number of nitrogens with zero attached hydrogens (tertiary/aromatic N) is 2. The minimum Gasteiger partial charge on any atom is -0.435 e. The molecule has 96 valence electrons. The highest BCUT2D eigenvalue weighted by molar-refractivity contribution is 6.09. The van der Waals surface area contributed by atoms with Gasteiger partial charge in [-0.05, 0) is 18.2 Å². The van der Waals surface area contributed by atoms with Gasteiger partial charge in [-0.3, -0.25) is 4.98 Å². The number of aromatic nitrogens is 2. The number of benzene rings is 2. The number of oxazole rings is 1. The fraction of sp³-hybridized carbons (Fsp3) is 0. The van der Waals surface area contributed by atoms with Crippen LogP contribution in [0.15, 0.2) is 59.3 Å². The van der Waals surface area contributed by atoms with Crippen molar-refractivity contribution in [3.63, 3.8) is 0 Å². The molecular weight excluding hydrogens is 250 g/mol. The monoisotopic (exact) mass is 261 g/mol. The van der Waals surface area contributed by atoms with E-state index < -0.39 is 0 Å². The van der Waals surface area contributed by atoms with Gasteiger partial charge >= 0.3 is 0 Å². The van der Waals surface area contributed by atoms with Crippen molar-refractivity contribution in [2.75, 3.05) is 5.73 Å². The van der Waals surface area contributed by atoms with Crippen LogP contribution < -0.4 is 5.73 Å². The van der Waals surface area contributed by atoms with Crippen LogP contribution in [0.1, 0.15) is 0 Å². The number of pyridine rings is 1. The zero-order valence-corrected chi connectivity index (χ0v) is 10.6. The van der Waals surface area contributed by atoms with Gasteiger partial charge in [-0.15, -0.1) is 0 Å². The van der Waals surface area contributed by atoms with Gasteiger partial charge in [0.05, 0.1) is 0 Å². The lowest BCUT2D eigenvalue weighted by Gasteiger charge is -2.01. The van der Waals surface area contributed by atoms with Crippen LogP contribution in [-0.2, 0) is 0 Å². The maximum atomic E-state index is 6.08. The Morgan fingerprint density at radius 1 is 0.950 bits per heavy atom. The number of rotatable bonds is 1. The molecule has 0 bridgehead atoms. The Labute approximate surface area is 114 Å². The summed E-state index contributed by atoms with van der Waals surface area (Å²) in [5.74, 6) is 0.582. The Morgan fingerprint density at radius 3 is 2.50 bits per heavy atom. The second-order valence-electron chi connectivity index (χ2n) is 4.61. The first-order valence-corrected chi connectivity index (χ1v) is 6.31. The lowest BCUT2D eigenvalue weighted by molar-refractivity contribution is 0.623. The van der Waals surface area contributed by atoms with Gasteiger partial charge in [-0.1, -0.05) is 24.3 Å². The topological polar surface area (TPSA) is 64.9 Å². The highest BCUT2D eigenvalue weighted by atomic mass is 16.3. The summed E-state index contributed by atoms with van der Waals surface area (Å²) in [7, 11) is 0. The van der Waals surface area contributed by atoms with Gasteiger partial charge in [-0.25, -0.2) is 4.98 Å². The second-order valence-corrected chi connectivity index (χ2v) is 4.61. The van der Waals surface area contributed by atoms with Gasteiger partial charge < -0.3 is 10.2 Å². The van der Waals surface area contributed by atoms with Crippen LogP contribution in [0.4, 0.5) is 5.69 Å². The van der Waals surface area contributed by atoms with E-state index in [-0.39, 0.29) is 0 Å². The highest BCUT2D eigenvalue weighted by Gasteiger charge is 2.12. The molecule has 2 heterocycles. The molecule has 20 heavy (non-hydrogen) atoms. The van der Waals surface area contributed by atoms with Crippen molar-refractivity contribution in [3.05, 3.63) is 54.9 Å². The largest absolute Gasteiger partial charge is 0.435 e. The SMILES string of the molecule is Nc1cc2nc(-c3ccncc3)oc2c2ccccc12. The normalized spacial score (nSPS) is 11.2. The number of nitrogens with two attached hydrogens (primary N) is 1. The summed E-state index contributed by atoms with van der Waals surface area (Å²) in [6, 6.07) is 13.5. The van der Waals surface area contributed by atoms with E-state index in [9.17, 15) is 0 Å². The van der Waals surface area contributed by atoms with Crippen molar-refractivity contribution < 1.29 is 4.42 Å². The van der Waals surface area contributed by atoms with Crippen LogP contribution in [-0.4, -0.2) is 9.97 Å². The second kappa shape index (κ2) is 4.06. The molecule has 0 radical (unpaired) electrons. The quantitative estimate of drug-likeness (QED) is 0.531. The molecule has 0 aliphatic rings. The van der Waals surface area contributed by atoms with Gasteiger partial charge in [0.2, 0.25) is 5.89 Å². The summed E-state index contributed by atoms with van der Waals surface area (Å²) in [6.45, 7) is 0. The van der Waals surface area contributed by atoms with Crippen molar-refractivity contribution in [3.8, 4) is 11.5 Å². The van der Waals surface area contributed by atoms with E-state index in [4.69, 9.17) is 10.2 Å². The average Bonchev–Trinajstić information content (AvgIpc) is 2.93. The number of anilines is 1. The Hall–Kier alpha value is -2.88. The summed E-state index contributed by atoms with van der Waals surface area (Å²) in [4.78, 5) is 8.52. The van der Waals surface area contributed by atoms with Gasteiger partial charge in [0.25, 0.3) is 0 Å². The van der Waals surface area contributed by atoms with Crippen LogP contribution in [0.3, 0.4) is 0 Å². The molecular formula is C16H11N3O. The van der Waals surface area contributed by atoms with Crippen molar-refractivity contribution in [2.24, 2.45) is 0 Å². The van der Waals surface area contributed by atoms with Crippen LogP contribution in [0.25, 0.3) is 33.3 Å². The van der Waals surface area contributed by atoms with E-state index in [1.165, 1.54) is 0 Å². The molecule has 4 nitrogen and oxygen atoms in total. The first kappa shape index (κ1) is 11.0.